The van der Waals surface area contributed by atoms with Crippen molar-refractivity contribution < 1.29 is 4.79 Å². The molecule has 0 saturated carbocycles. The number of benzene rings is 2. The Hall–Kier alpha value is -2.29. The van der Waals surface area contributed by atoms with Gasteiger partial charge >= 0.3 is 0 Å². The summed E-state index contributed by atoms with van der Waals surface area (Å²) in [5.74, 6) is 0.0159. The van der Waals surface area contributed by atoms with Crippen molar-refractivity contribution in [2.24, 2.45) is 0 Å². The fourth-order valence-electron chi connectivity index (χ4n) is 3.16. The van der Waals surface area contributed by atoms with Gasteiger partial charge in [0.15, 0.2) is 0 Å². The van der Waals surface area contributed by atoms with Gasteiger partial charge in [0.2, 0.25) is 0 Å². The van der Waals surface area contributed by atoms with Crippen molar-refractivity contribution in [1.29, 1.82) is 0 Å². The van der Waals surface area contributed by atoms with Crippen LogP contribution in [0.2, 0.25) is 0 Å². The van der Waals surface area contributed by atoms with E-state index in [-0.39, 0.29) is 11.6 Å². The van der Waals surface area contributed by atoms with E-state index in [4.69, 9.17) is 0 Å². The number of rotatable bonds is 0. The van der Waals surface area contributed by atoms with Gasteiger partial charge in [0, 0.05) is 18.5 Å². The van der Waals surface area contributed by atoms with Crippen LogP contribution >= 0.6 is 0 Å². The standard InChI is InChI=1S/C16H14N2O/c19-15-13-7-3-4-8-14(13)17-16(18-15)9-11-5-1-2-6-12(11)10-16/h1-8,17H,9-10H2,(H,18,19). The summed E-state index contributed by atoms with van der Waals surface area (Å²) in [6.07, 6.45) is 1.67. The minimum absolute atomic E-state index is 0.0159. The highest BCUT2D eigenvalue weighted by Crippen LogP contribution is 2.34. The molecule has 0 unspecified atom stereocenters. The molecule has 1 spiro atoms. The summed E-state index contributed by atoms with van der Waals surface area (Å²) in [6.45, 7) is 0. The Morgan fingerprint density at radius 2 is 1.47 bits per heavy atom. The first-order chi connectivity index (χ1) is 9.26. The van der Waals surface area contributed by atoms with Crippen molar-refractivity contribution >= 4 is 11.6 Å². The van der Waals surface area contributed by atoms with Gasteiger partial charge in [0.05, 0.1) is 5.56 Å². The maximum absolute atomic E-state index is 12.2. The van der Waals surface area contributed by atoms with E-state index in [1.54, 1.807) is 0 Å². The van der Waals surface area contributed by atoms with E-state index in [9.17, 15) is 4.79 Å². The van der Waals surface area contributed by atoms with Gasteiger partial charge in [0.1, 0.15) is 5.66 Å². The van der Waals surface area contributed by atoms with E-state index in [0.717, 1.165) is 24.1 Å². The number of carbonyl (C=O) groups excluding carboxylic acids is 1. The van der Waals surface area contributed by atoms with Gasteiger partial charge in [-0.2, -0.15) is 0 Å². The summed E-state index contributed by atoms with van der Waals surface area (Å²) in [4.78, 5) is 12.2. The number of para-hydroxylation sites is 1. The lowest BCUT2D eigenvalue weighted by atomic mass is 9.99. The molecule has 1 aliphatic heterocycles. The summed E-state index contributed by atoms with van der Waals surface area (Å²) in [5, 5.41) is 6.66. The van der Waals surface area contributed by atoms with Gasteiger partial charge in [-0.15, -0.1) is 0 Å². The molecular weight excluding hydrogens is 236 g/mol. The summed E-state index contributed by atoms with van der Waals surface area (Å²) >= 11 is 0. The van der Waals surface area contributed by atoms with E-state index in [1.807, 2.05) is 24.3 Å². The number of nitrogens with one attached hydrogen (secondary N) is 2. The lowest BCUT2D eigenvalue weighted by Gasteiger charge is -2.37. The number of hydrogen-bond donors (Lipinski definition) is 2. The highest BCUT2D eigenvalue weighted by molar-refractivity contribution is 6.02. The average Bonchev–Trinajstić information content (AvgIpc) is 2.75. The molecule has 1 amide bonds. The lowest BCUT2D eigenvalue weighted by Crippen LogP contribution is -2.58. The molecule has 4 rings (SSSR count). The molecule has 0 radical (unpaired) electrons. The topological polar surface area (TPSA) is 41.1 Å². The smallest absolute Gasteiger partial charge is 0.255 e. The first-order valence-corrected chi connectivity index (χ1v) is 6.52. The lowest BCUT2D eigenvalue weighted by molar-refractivity contribution is 0.0904. The zero-order chi connectivity index (χ0) is 12.9. The molecule has 3 heteroatoms. The number of amides is 1. The maximum Gasteiger partial charge on any atom is 0.255 e. The normalized spacial score (nSPS) is 18.4. The summed E-state index contributed by atoms with van der Waals surface area (Å²) in [6, 6.07) is 16.1. The molecule has 2 N–H and O–H groups in total. The highest BCUT2D eigenvalue weighted by atomic mass is 16.2. The Kier molecular flexibility index (Phi) is 2.01. The van der Waals surface area contributed by atoms with Crippen LogP contribution in [0.15, 0.2) is 48.5 Å². The highest BCUT2D eigenvalue weighted by Gasteiger charge is 2.41. The molecule has 19 heavy (non-hydrogen) atoms. The van der Waals surface area contributed by atoms with Crippen LogP contribution in [0.3, 0.4) is 0 Å². The second kappa shape index (κ2) is 3.60. The Morgan fingerprint density at radius 1 is 0.842 bits per heavy atom. The fraction of sp³-hybridized carbons (Fsp3) is 0.188. The van der Waals surface area contributed by atoms with Gasteiger partial charge in [-0.1, -0.05) is 36.4 Å². The van der Waals surface area contributed by atoms with E-state index >= 15 is 0 Å². The first kappa shape index (κ1) is 10.6. The van der Waals surface area contributed by atoms with Crippen LogP contribution in [-0.2, 0) is 12.8 Å². The van der Waals surface area contributed by atoms with Crippen LogP contribution in [0.1, 0.15) is 21.5 Å². The Labute approximate surface area is 111 Å². The molecule has 0 bridgehead atoms. The Morgan fingerprint density at radius 3 is 2.21 bits per heavy atom. The van der Waals surface area contributed by atoms with Crippen LogP contribution in [0.25, 0.3) is 0 Å². The molecular formula is C16H14N2O. The van der Waals surface area contributed by atoms with Gasteiger partial charge in [-0.05, 0) is 23.3 Å². The van der Waals surface area contributed by atoms with Crippen LogP contribution in [0, 0.1) is 0 Å². The zero-order valence-corrected chi connectivity index (χ0v) is 10.4. The molecule has 2 aliphatic rings. The fourth-order valence-corrected chi connectivity index (χ4v) is 3.16. The molecule has 2 aromatic carbocycles. The van der Waals surface area contributed by atoms with E-state index in [0.29, 0.717) is 0 Å². The molecule has 1 aliphatic carbocycles. The minimum Gasteiger partial charge on any atom is -0.362 e. The number of hydrogen-bond acceptors (Lipinski definition) is 2. The predicted octanol–water partition coefficient (Wildman–Crippen LogP) is 2.34. The molecule has 1 heterocycles. The molecule has 0 saturated heterocycles. The predicted molar refractivity (Wildman–Crippen MR) is 74.1 cm³/mol. The van der Waals surface area contributed by atoms with E-state index in [2.05, 4.69) is 34.9 Å². The summed E-state index contributed by atoms with van der Waals surface area (Å²) in [7, 11) is 0. The SMILES string of the molecule is O=C1NC2(Cc3ccccc3C2)Nc2ccccc21. The van der Waals surface area contributed by atoms with Gasteiger partial charge in [0.25, 0.3) is 5.91 Å². The third kappa shape index (κ3) is 1.55. The molecule has 0 fully saturated rings. The summed E-state index contributed by atoms with van der Waals surface area (Å²) in [5.41, 5.74) is 3.93. The third-order valence-corrected chi connectivity index (χ3v) is 4.00. The number of fused-ring (bicyclic) bond motifs is 2. The second-order valence-electron chi connectivity index (χ2n) is 5.33. The quantitative estimate of drug-likeness (QED) is 0.753. The van der Waals surface area contributed by atoms with Crippen LogP contribution in [0.5, 0.6) is 0 Å². The van der Waals surface area contributed by atoms with Crippen LogP contribution in [-0.4, -0.2) is 11.6 Å². The summed E-state index contributed by atoms with van der Waals surface area (Å²) < 4.78 is 0. The van der Waals surface area contributed by atoms with Crippen molar-refractivity contribution in [3.8, 4) is 0 Å². The van der Waals surface area contributed by atoms with Crippen molar-refractivity contribution in [3.05, 3.63) is 65.2 Å². The van der Waals surface area contributed by atoms with Crippen molar-refractivity contribution in [3.63, 3.8) is 0 Å². The van der Waals surface area contributed by atoms with Gasteiger partial charge in [-0.3, -0.25) is 4.79 Å². The Bertz CT molecular complexity index is 653. The first-order valence-electron chi connectivity index (χ1n) is 6.52. The van der Waals surface area contributed by atoms with Gasteiger partial charge in [-0.25, -0.2) is 0 Å². The monoisotopic (exact) mass is 250 g/mol. The molecule has 0 atom stereocenters. The molecule has 94 valence electrons. The average molecular weight is 250 g/mol. The Balaban J connectivity index is 1.75. The zero-order valence-electron chi connectivity index (χ0n) is 10.4. The molecule has 2 aromatic rings. The molecule has 0 aromatic heterocycles. The van der Waals surface area contributed by atoms with E-state index in [1.165, 1.54) is 11.1 Å². The minimum atomic E-state index is -0.352. The number of anilines is 1. The van der Waals surface area contributed by atoms with Crippen molar-refractivity contribution in [2.75, 3.05) is 5.32 Å². The second-order valence-corrected chi connectivity index (χ2v) is 5.33. The van der Waals surface area contributed by atoms with Crippen LogP contribution < -0.4 is 10.6 Å². The van der Waals surface area contributed by atoms with Gasteiger partial charge < -0.3 is 10.6 Å². The van der Waals surface area contributed by atoms with Crippen molar-refractivity contribution in [2.45, 2.75) is 18.5 Å². The maximum atomic E-state index is 12.2. The van der Waals surface area contributed by atoms with E-state index < -0.39 is 0 Å². The van der Waals surface area contributed by atoms with Crippen molar-refractivity contribution in [1.82, 2.24) is 5.32 Å². The largest absolute Gasteiger partial charge is 0.362 e. The third-order valence-electron chi connectivity index (χ3n) is 4.00. The molecule has 3 nitrogen and oxygen atoms in total. The van der Waals surface area contributed by atoms with Crippen LogP contribution in [0.4, 0.5) is 5.69 Å². The number of carbonyl (C=O) groups is 1.